The molecule has 2 rings (SSSR count). The second kappa shape index (κ2) is 7.58. The van der Waals surface area contributed by atoms with Gasteiger partial charge in [0.15, 0.2) is 16.1 Å². The van der Waals surface area contributed by atoms with Crippen LogP contribution in [0.5, 0.6) is 0 Å². The molecule has 1 aromatic rings. The fourth-order valence-corrected chi connectivity index (χ4v) is 3.24. The number of halogens is 1. The molecule has 0 saturated heterocycles. The van der Waals surface area contributed by atoms with Gasteiger partial charge >= 0.3 is 0 Å². The number of aliphatic hydroxyl groups excluding tert-OH is 3. The van der Waals surface area contributed by atoms with Crippen LogP contribution < -0.4 is 10.7 Å². The van der Waals surface area contributed by atoms with Gasteiger partial charge in [-0.2, -0.15) is 0 Å². The summed E-state index contributed by atoms with van der Waals surface area (Å²) in [6.07, 6.45) is -3.10. The SMILES string of the molecule is CCCSc1nc(Cl)c(N)c(N(N=O)[C@@H]2C[C@H](O)[C@@H](O)[C@H]2O)n1. The molecule has 0 radical (unpaired) electrons. The Labute approximate surface area is 141 Å². The molecular formula is C12H18ClN5O4S. The molecule has 1 fully saturated rings. The molecule has 1 aromatic heterocycles. The number of rotatable bonds is 6. The quantitative estimate of drug-likeness (QED) is 0.187. The standard InChI is InChI=1S/C12H18ClN5O4S/c1-2-3-23-12-15-10(13)7(14)11(16-12)18(17-22)5-4-6(19)9(21)8(5)20/h5-6,8-9,19-21H,2-4,14H2,1H3/t5-,6+,8+,9-/m1/s1. The van der Waals surface area contributed by atoms with Crippen LogP contribution in [-0.4, -0.2) is 55.4 Å². The molecule has 11 heteroatoms. The Morgan fingerprint density at radius 3 is 2.61 bits per heavy atom. The molecule has 1 saturated carbocycles. The molecule has 128 valence electrons. The predicted octanol–water partition coefficient (Wildman–Crippen LogP) is 0.557. The maximum Gasteiger partial charge on any atom is 0.191 e. The predicted molar refractivity (Wildman–Crippen MR) is 87.2 cm³/mol. The summed E-state index contributed by atoms with van der Waals surface area (Å²) in [5.74, 6) is 0.696. The van der Waals surface area contributed by atoms with Gasteiger partial charge in [0.25, 0.3) is 0 Å². The molecule has 0 spiro atoms. The van der Waals surface area contributed by atoms with Crippen LogP contribution in [0.15, 0.2) is 10.4 Å². The van der Waals surface area contributed by atoms with Crippen LogP contribution in [0.1, 0.15) is 19.8 Å². The topological polar surface area (TPSA) is 145 Å². The van der Waals surface area contributed by atoms with E-state index < -0.39 is 24.4 Å². The normalized spacial score (nSPS) is 27.2. The number of aromatic nitrogens is 2. The Kier molecular flexibility index (Phi) is 5.98. The van der Waals surface area contributed by atoms with Gasteiger partial charge in [-0.1, -0.05) is 30.3 Å². The fraction of sp³-hybridized carbons (Fsp3) is 0.667. The Bertz CT molecular complexity index is 581. The van der Waals surface area contributed by atoms with Gasteiger partial charge in [-0.05, 0) is 6.42 Å². The Hall–Kier alpha value is -1.20. The smallest absolute Gasteiger partial charge is 0.191 e. The summed E-state index contributed by atoms with van der Waals surface area (Å²) in [7, 11) is 0. The van der Waals surface area contributed by atoms with Crippen molar-refractivity contribution in [2.45, 2.75) is 49.3 Å². The number of nitrogens with zero attached hydrogens (tertiary/aromatic N) is 4. The molecule has 0 unspecified atom stereocenters. The third-order valence-electron chi connectivity index (χ3n) is 3.53. The van der Waals surface area contributed by atoms with Crippen LogP contribution in [0.2, 0.25) is 5.15 Å². The maximum absolute atomic E-state index is 11.3. The van der Waals surface area contributed by atoms with Crippen molar-refractivity contribution in [2.75, 3.05) is 16.5 Å². The van der Waals surface area contributed by atoms with E-state index in [2.05, 4.69) is 15.3 Å². The van der Waals surface area contributed by atoms with E-state index in [0.717, 1.165) is 17.2 Å². The molecular weight excluding hydrogens is 346 g/mol. The lowest BCUT2D eigenvalue weighted by atomic mass is 10.2. The van der Waals surface area contributed by atoms with Crippen LogP contribution in [0.25, 0.3) is 0 Å². The molecule has 1 aliphatic rings. The monoisotopic (exact) mass is 363 g/mol. The molecule has 4 atom stereocenters. The molecule has 5 N–H and O–H groups in total. The summed E-state index contributed by atoms with van der Waals surface area (Å²) in [6, 6.07) is -0.963. The molecule has 1 heterocycles. The van der Waals surface area contributed by atoms with E-state index >= 15 is 0 Å². The average molecular weight is 364 g/mol. The van der Waals surface area contributed by atoms with Gasteiger partial charge in [0.1, 0.15) is 17.9 Å². The van der Waals surface area contributed by atoms with Crippen LogP contribution in [0.4, 0.5) is 11.5 Å². The molecule has 0 aliphatic heterocycles. The van der Waals surface area contributed by atoms with Gasteiger partial charge in [-0.3, -0.25) is 0 Å². The summed E-state index contributed by atoms with van der Waals surface area (Å²) in [5, 5.41) is 33.3. The third-order valence-corrected chi connectivity index (χ3v) is 4.88. The Morgan fingerprint density at radius 2 is 2.09 bits per heavy atom. The first kappa shape index (κ1) is 18.1. The molecule has 23 heavy (non-hydrogen) atoms. The highest BCUT2D eigenvalue weighted by Gasteiger charge is 2.45. The van der Waals surface area contributed by atoms with Crippen molar-refractivity contribution in [1.82, 2.24) is 9.97 Å². The minimum absolute atomic E-state index is 0.0316. The maximum atomic E-state index is 11.3. The Balaban J connectivity index is 2.37. The number of aliphatic hydroxyl groups is 3. The van der Waals surface area contributed by atoms with Gasteiger partial charge in [0.2, 0.25) is 0 Å². The van der Waals surface area contributed by atoms with Crippen molar-refractivity contribution in [3.05, 3.63) is 10.1 Å². The highest BCUT2D eigenvalue weighted by molar-refractivity contribution is 7.99. The lowest BCUT2D eigenvalue weighted by Gasteiger charge is -2.25. The number of hydrogen-bond acceptors (Lipinski definition) is 9. The van der Waals surface area contributed by atoms with Crippen molar-refractivity contribution in [2.24, 2.45) is 5.29 Å². The first-order valence-electron chi connectivity index (χ1n) is 7.03. The van der Waals surface area contributed by atoms with E-state index in [-0.39, 0.29) is 23.1 Å². The van der Waals surface area contributed by atoms with Crippen molar-refractivity contribution in [3.8, 4) is 0 Å². The number of nitrogens with two attached hydrogens (primary N) is 1. The van der Waals surface area contributed by atoms with Gasteiger partial charge in [0, 0.05) is 12.2 Å². The van der Waals surface area contributed by atoms with Crippen LogP contribution in [-0.2, 0) is 0 Å². The summed E-state index contributed by atoms with van der Waals surface area (Å²) in [6.45, 7) is 1.99. The van der Waals surface area contributed by atoms with Gasteiger partial charge in [-0.15, -0.1) is 4.91 Å². The van der Waals surface area contributed by atoms with Crippen molar-refractivity contribution in [3.63, 3.8) is 0 Å². The number of hydrogen-bond donors (Lipinski definition) is 4. The zero-order chi connectivity index (χ0) is 17.1. The second-order valence-electron chi connectivity index (χ2n) is 5.16. The summed E-state index contributed by atoms with van der Waals surface area (Å²) in [5.41, 5.74) is 5.77. The highest BCUT2D eigenvalue weighted by Crippen LogP contribution is 2.35. The lowest BCUT2D eigenvalue weighted by molar-refractivity contribution is -0.0209. The fourth-order valence-electron chi connectivity index (χ4n) is 2.33. The minimum atomic E-state index is -1.38. The lowest BCUT2D eigenvalue weighted by Crippen LogP contribution is -2.41. The van der Waals surface area contributed by atoms with Crippen LogP contribution in [0.3, 0.4) is 0 Å². The highest BCUT2D eigenvalue weighted by atomic mass is 35.5. The van der Waals surface area contributed by atoms with Gasteiger partial charge in [-0.25, -0.2) is 15.0 Å². The summed E-state index contributed by atoms with van der Waals surface area (Å²) < 4.78 is 0. The number of thioether (sulfide) groups is 1. The van der Waals surface area contributed by atoms with Crippen molar-refractivity contribution in [1.29, 1.82) is 0 Å². The molecule has 9 nitrogen and oxygen atoms in total. The van der Waals surface area contributed by atoms with Crippen LogP contribution in [0, 0.1) is 4.91 Å². The number of nitroso groups, excluding NO2 is 1. The third kappa shape index (κ3) is 3.66. The summed E-state index contributed by atoms with van der Waals surface area (Å²) in [4.78, 5) is 19.5. The molecule has 0 amide bonds. The van der Waals surface area contributed by atoms with E-state index in [1.165, 1.54) is 11.8 Å². The zero-order valence-corrected chi connectivity index (χ0v) is 13.9. The molecule has 0 aromatic carbocycles. The van der Waals surface area contributed by atoms with E-state index in [1.807, 2.05) is 6.92 Å². The largest absolute Gasteiger partial charge is 0.393 e. The van der Waals surface area contributed by atoms with E-state index in [1.54, 1.807) is 0 Å². The average Bonchev–Trinajstić information content (AvgIpc) is 2.78. The van der Waals surface area contributed by atoms with Gasteiger partial charge < -0.3 is 21.1 Å². The van der Waals surface area contributed by atoms with E-state index in [0.29, 0.717) is 5.16 Å². The second-order valence-corrected chi connectivity index (χ2v) is 6.58. The minimum Gasteiger partial charge on any atom is -0.393 e. The molecule has 0 bridgehead atoms. The van der Waals surface area contributed by atoms with Gasteiger partial charge in [0.05, 0.1) is 17.4 Å². The summed E-state index contributed by atoms with van der Waals surface area (Å²) >= 11 is 7.31. The Morgan fingerprint density at radius 1 is 1.39 bits per heavy atom. The molecule has 1 aliphatic carbocycles. The zero-order valence-electron chi connectivity index (χ0n) is 12.3. The van der Waals surface area contributed by atoms with Crippen molar-refractivity contribution < 1.29 is 15.3 Å². The van der Waals surface area contributed by atoms with E-state index in [9.17, 15) is 20.2 Å². The number of nitrogen functional groups attached to an aromatic ring is 1. The first-order chi connectivity index (χ1) is 10.9. The number of anilines is 2. The van der Waals surface area contributed by atoms with E-state index in [4.69, 9.17) is 17.3 Å². The first-order valence-corrected chi connectivity index (χ1v) is 8.39. The van der Waals surface area contributed by atoms with Crippen molar-refractivity contribution >= 4 is 34.9 Å². The van der Waals surface area contributed by atoms with Crippen LogP contribution >= 0.6 is 23.4 Å².